The maximum Gasteiger partial charge on any atom is 0.330 e. The van der Waals surface area contributed by atoms with E-state index in [2.05, 4.69) is 10.7 Å². The zero-order valence-corrected chi connectivity index (χ0v) is 13.1. The topological polar surface area (TPSA) is 131 Å². The van der Waals surface area contributed by atoms with Crippen molar-refractivity contribution in [1.82, 2.24) is 9.55 Å². The summed E-state index contributed by atoms with van der Waals surface area (Å²) in [7, 11) is 2.50. The van der Waals surface area contributed by atoms with E-state index in [0.717, 1.165) is 7.11 Å². The number of nitrogens with zero attached hydrogens (tertiary/aromatic N) is 1. The van der Waals surface area contributed by atoms with Gasteiger partial charge in [0.25, 0.3) is 5.56 Å². The van der Waals surface area contributed by atoms with E-state index in [0.29, 0.717) is 12.8 Å². The maximum atomic E-state index is 11.4. The van der Waals surface area contributed by atoms with Crippen molar-refractivity contribution in [1.29, 1.82) is 0 Å². The Hall–Kier alpha value is -1.48. The molecule has 0 saturated carbocycles. The van der Waals surface area contributed by atoms with Gasteiger partial charge in [-0.25, -0.2) is 4.79 Å². The Morgan fingerprint density at radius 3 is 2.33 bits per heavy atom. The summed E-state index contributed by atoms with van der Waals surface area (Å²) in [6.07, 6.45) is 2.19. The molecule has 2 rings (SSSR count). The number of aromatic nitrogens is 2. The number of nitrogens with one attached hydrogen (secondary N) is 1. The number of ether oxygens (including phenoxy) is 1. The first kappa shape index (κ1) is 21.8. The lowest BCUT2D eigenvalue weighted by atomic mass is 10.2. The molecule has 2 atom stereocenters. The van der Waals surface area contributed by atoms with Crippen molar-refractivity contribution in [2.45, 2.75) is 39.0 Å². The van der Waals surface area contributed by atoms with Gasteiger partial charge in [0.15, 0.2) is 0 Å². The molecule has 5 N–H and O–H groups in total. The number of hydrogen-bond acceptors (Lipinski definition) is 6. The predicted molar refractivity (Wildman–Crippen MR) is 81.2 cm³/mol. The van der Waals surface area contributed by atoms with Crippen LogP contribution in [-0.2, 0) is 4.74 Å². The first-order valence-corrected chi connectivity index (χ1v) is 6.81. The van der Waals surface area contributed by atoms with Crippen LogP contribution in [0, 0.1) is 0 Å². The molecule has 1 saturated heterocycles. The molecule has 1 aliphatic heterocycles. The van der Waals surface area contributed by atoms with E-state index in [1.54, 1.807) is 0 Å². The third-order valence-corrected chi connectivity index (χ3v) is 2.45. The molecule has 21 heavy (non-hydrogen) atoms. The third-order valence-electron chi connectivity index (χ3n) is 2.45. The summed E-state index contributed by atoms with van der Waals surface area (Å²) in [4.78, 5) is 24.4. The van der Waals surface area contributed by atoms with E-state index in [9.17, 15) is 9.59 Å². The van der Waals surface area contributed by atoms with Gasteiger partial charge in [-0.05, 0) is 19.9 Å². The molecule has 2 unspecified atom stereocenters. The highest BCUT2D eigenvalue weighted by Crippen LogP contribution is 2.26. The molecule has 1 aromatic rings. The average molecular weight is 305 g/mol. The van der Waals surface area contributed by atoms with Crippen LogP contribution in [0.3, 0.4) is 0 Å². The largest absolute Gasteiger partial charge is 0.400 e. The van der Waals surface area contributed by atoms with Crippen molar-refractivity contribution in [3.63, 3.8) is 0 Å². The summed E-state index contributed by atoms with van der Waals surface area (Å²) in [5.41, 5.74) is 3.60. The molecule has 0 radical (unpaired) electrons. The molecular weight excluding hydrogens is 278 g/mol. The minimum Gasteiger partial charge on any atom is -0.400 e. The summed E-state index contributed by atoms with van der Waals surface area (Å²) in [5, 5.41) is 15.9. The van der Waals surface area contributed by atoms with Crippen LogP contribution in [0.15, 0.2) is 21.9 Å². The van der Waals surface area contributed by atoms with Crippen LogP contribution in [0.5, 0.6) is 0 Å². The van der Waals surface area contributed by atoms with Gasteiger partial charge in [0.2, 0.25) is 0 Å². The lowest BCUT2D eigenvalue weighted by Gasteiger charge is -2.13. The molecule has 124 valence electrons. The minimum atomic E-state index is -0.480. The second-order valence-electron chi connectivity index (χ2n) is 3.49. The Labute approximate surface area is 124 Å². The molecule has 0 aromatic carbocycles. The number of nitrogens with two attached hydrogens (primary N) is 1. The molecular formula is C13H27N3O5. The lowest BCUT2D eigenvalue weighted by molar-refractivity contribution is -0.0246. The third kappa shape index (κ3) is 7.19. The molecule has 2 heterocycles. The van der Waals surface area contributed by atoms with Crippen LogP contribution in [-0.4, -0.2) is 46.6 Å². The molecule has 0 aliphatic carbocycles. The molecule has 1 fully saturated rings. The number of H-pyrrole nitrogens is 1. The normalized spacial score (nSPS) is 19.2. The van der Waals surface area contributed by atoms with Crippen molar-refractivity contribution in [3.8, 4) is 0 Å². The van der Waals surface area contributed by atoms with Crippen molar-refractivity contribution in [2.24, 2.45) is 5.73 Å². The highest BCUT2D eigenvalue weighted by Gasteiger charge is 2.26. The second-order valence-corrected chi connectivity index (χ2v) is 3.49. The summed E-state index contributed by atoms with van der Waals surface area (Å²) in [5.74, 6) is 0. The molecule has 0 bridgehead atoms. The molecule has 8 nitrogen and oxygen atoms in total. The summed E-state index contributed by atoms with van der Waals surface area (Å²) in [6, 6.07) is 1.27. The molecule has 1 aliphatic rings. The van der Waals surface area contributed by atoms with Crippen molar-refractivity contribution >= 4 is 0 Å². The number of aliphatic hydroxyl groups excluding tert-OH is 2. The smallest absolute Gasteiger partial charge is 0.330 e. The number of aromatic amines is 1. The molecule has 1 aromatic heterocycles. The van der Waals surface area contributed by atoms with Crippen LogP contribution >= 0.6 is 0 Å². The van der Waals surface area contributed by atoms with Gasteiger partial charge in [0.1, 0.15) is 6.23 Å². The van der Waals surface area contributed by atoms with Crippen molar-refractivity contribution in [2.75, 3.05) is 20.8 Å². The Kier molecular flexibility index (Phi) is 14.0. The Morgan fingerprint density at radius 2 is 1.90 bits per heavy atom. The quantitative estimate of drug-likeness (QED) is 0.578. The number of hydrogen-bond donors (Lipinski definition) is 4. The maximum absolute atomic E-state index is 11.4. The van der Waals surface area contributed by atoms with E-state index < -0.39 is 11.2 Å². The zero-order chi connectivity index (χ0) is 16.8. The number of aliphatic hydroxyl groups is 2. The van der Waals surface area contributed by atoms with E-state index >= 15 is 0 Å². The highest BCUT2D eigenvalue weighted by atomic mass is 16.5. The minimum absolute atomic E-state index is 0.0470. The summed E-state index contributed by atoms with van der Waals surface area (Å²) in [6.45, 7) is 3.95. The number of rotatable bonds is 2. The van der Waals surface area contributed by atoms with E-state index in [4.69, 9.17) is 14.9 Å². The monoisotopic (exact) mass is 305 g/mol. The van der Waals surface area contributed by atoms with Crippen LogP contribution in [0.25, 0.3) is 0 Å². The highest BCUT2D eigenvalue weighted by molar-refractivity contribution is 4.85. The summed E-state index contributed by atoms with van der Waals surface area (Å²) < 4.78 is 6.74. The van der Waals surface area contributed by atoms with Crippen LogP contribution < -0.4 is 17.0 Å². The predicted octanol–water partition coefficient (Wildman–Crippen LogP) is -0.584. The fraction of sp³-hybridized carbons (Fsp3) is 0.692. The van der Waals surface area contributed by atoms with Gasteiger partial charge in [-0.3, -0.25) is 14.3 Å². The van der Waals surface area contributed by atoms with Crippen LogP contribution in [0.4, 0.5) is 0 Å². The first-order chi connectivity index (χ1) is 10.2. The van der Waals surface area contributed by atoms with Crippen molar-refractivity contribution in [3.05, 3.63) is 33.1 Å². The average Bonchev–Trinajstić information content (AvgIpc) is 3.02. The fourth-order valence-electron chi connectivity index (χ4n) is 1.68. The standard InChI is InChI=1S/C9H12N2O4.C2H6.CH5N.CH4O/c12-5-6-1-2-8(15-6)11-4-3-7(13)10-9(11)14;3*1-2/h3-4,6,8,12H,1-2,5H2,(H,10,13,14);1-2H3;2H2,1H3;2H,1H3. The first-order valence-electron chi connectivity index (χ1n) is 6.81. The molecule has 8 heteroatoms. The lowest BCUT2D eigenvalue weighted by Crippen LogP contribution is -2.31. The Bertz CT molecular complexity index is 458. The molecule has 0 spiro atoms. The van der Waals surface area contributed by atoms with Crippen molar-refractivity contribution < 1.29 is 14.9 Å². The second kappa shape index (κ2) is 13.5. The van der Waals surface area contributed by atoms with Gasteiger partial charge in [-0.2, -0.15) is 0 Å². The molecule has 0 amide bonds. The Morgan fingerprint density at radius 1 is 1.33 bits per heavy atom. The van der Waals surface area contributed by atoms with E-state index in [-0.39, 0.29) is 18.9 Å². The van der Waals surface area contributed by atoms with Gasteiger partial charge in [-0.15, -0.1) is 0 Å². The Balaban J connectivity index is 0. The van der Waals surface area contributed by atoms with E-state index in [1.807, 2.05) is 13.8 Å². The van der Waals surface area contributed by atoms with Gasteiger partial charge in [0, 0.05) is 19.4 Å². The van der Waals surface area contributed by atoms with E-state index in [1.165, 1.54) is 23.9 Å². The fourth-order valence-corrected chi connectivity index (χ4v) is 1.68. The summed E-state index contributed by atoms with van der Waals surface area (Å²) >= 11 is 0. The van der Waals surface area contributed by atoms with Crippen LogP contribution in [0.2, 0.25) is 0 Å². The zero-order valence-electron chi connectivity index (χ0n) is 13.1. The van der Waals surface area contributed by atoms with Crippen LogP contribution in [0.1, 0.15) is 32.9 Å². The van der Waals surface area contributed by atoms with Gasteiger partial charge >= 0.3 is 5.69 Å². The van der Waals surface area contributed by atoms with Gasteiger partial charge in [0.05, 0.1) is 12.7 Å². The van der Waals surface area contributed by atoms with Gasteiger partial charge in [-0.1, -0.05) is 13.8 Å². The SMILES string of the molecule is CC.CN.CO.O=c1ccn(C2CCC(CO)O2)c(=O)[nH]1. The van der Waals surface area contributed by atoms with Gasteiger partial charge < -0.3 is 20.7 Å².